The molecule has 0 unspecified atom stereocenters. The summed E-state index contributed by atoms with van der Waals surface area (Å²) in [4.78, 5) is 14.0. The number of carbonyl (C=O) groups is 1. The summed E-state index contributed by atoms with van der Waals surface area (Å²) in [5.74, 6) is -0.0810. The van der Waals surface area contributed by atoms with Crippen molar-refractivity contribution in [3.05, 3.63) is 17.0 Å². The molecule has 0 saturated carbocycles. The van der Waals surface area contributed by atoms with E-state index in [2.05, 4.69) is 10.2 Å². The van der Waals surface area contributed by atoms with E-state index in [1.165, 1.54) is 11.3 Å². The molecule has 0 spiro atoms. The van der Waals surface area contributed by atoms with Crippen molar-refractivity contribution in [3.63, 3.8) is 0 Å². The zero-order chi connectivity index (χ0) is 13.7. The average molecular weight is 279 g/mol. The first-order valence-corrected chi connectivity index (χ1v) is 7.25. The van der Waals surface area contributed by atoms with Crippen LogP contribution in [0.25, 0.3) is 0 Å². The molecule has 1 fully saturated rings. The van der Waals surface area contributed by atoms with E-state index in [1.807, 2.05) is 6.07 Å². The van der Waals surface area contributed by atoms with Gasteiger partial charge >= 0.3 is 0 Å². The molecule has 6 heteroatoms. The van der Waals surface area contributed by atoms with Crippen molar-refractivity contribution in [3.8, 4) is 6.07 Å². The first-order chi connectivity index (χ1) is 9.24. The molecule has 1 atom stereocenters. The third kappa shape index (κ3) is 3.53. The lowest BCUT2D eigenvalue weighted by atomic mass is 10.2. The van der Waals surface area contributed by atoms with Gasteiger partial charge in [-0.25, -0.2) is 0 Å². The Hall–Kier alpha value is -1.42. The maximum Gasteiger partial charge on any atom is 0.226 e. The Bertz CT molecular complexity index is 480. The second-order valence-corrected chi connectivity index (χ2v) is 5.50. The van der Waals surface area contributed by atoms with Crippen LogP contribution >= 0.6 is 11.3 Å². The lowest BCUT2D eigenvalue weighted by Crippen LogP contribution is -2.34. The zero-order valence-electron chi connectivity index (χ0n) is 10.6. The molecule has 2 rings (SSSR count). The van der Waals surface area contributed by atoms with Crippen LogP contribution in [0.4, 0.5) is 5.00 Å². The number of aliphatic hydroxyl groups is 1. The van der Waals surface area contributed by atoms with Gasteiger partial charge in [0.2, 0.25) is 5.91 Å². The van der Waals surface area contributed by atoms with Gasteiger partial charge in [0.05, 0.1) is 12.2 Å². The van der Waals surface area contributed by atoms with E-state index in [4.69, 9.17) is 5.26 Å². The van der Waals surface area contributed by atoms with Gasteiger partial charge in [0.15, 0.2) is 0 Å². The highest BCUT2D eigenvalue weighted by atomic mass is 32.1. The maximum absolute atomic E-state index is 11.8. The third-order valence-electron chi connectivity index (χ3n) is 3.37. The number of hydrogen-bond donors (Lipinski definition) is 2. The summed E-state index contributed by atoms with van der Waals surface area (Å²) in [7, 11) is 0. The lowest BCUT2D eigenvalue weighted by molar-refractivity contribution is -0.116. The van der Waals surface area contributed by atoms with Crippen LogP contribution < -0.4 is 5.32 Å². The quantitative estimate of drug-likeness (QED) is 0.854. The van der Waals surface area contributed by atoms with Crippen LogP contribution in [0.15, 0.2) is 11.4 Å². The molecule has 0 aliphatic carbocycles. The maximum atomic E-state index is 11.8. The molecule has 5 nitrogen and oxygen atoms in total. The summed E-state index contributed by atoms with van der Waals surface area (Å²) in [6.45, 7) is 1.76. The van der Waals surface area contributed by atoms with Gasteiger partial charge in [0.1, 0.15) is 11.1 Å². The molecular weight excluding hydrogens is 262 g/mol. The SMILES string of the molecule is N#Cc1ccsc1NC(=O)CCN1CCC[C@H]1CO. The van der Waals surface area contributed by atoms with Crippen molar-refractivity contribution in [2.75, 3.05) is 25.0 Å². The molecule has 1 amide bonds. The van der Waals surface area contributed by atoms with Gasteiger partial charge in [-0.05, 0) is 30.8 Å². The van der Waals surface area contributed by atoms with Crippen molar-refractivity contribution in [2.45, 2.75) is 25.3 Å². The Labute approximate surface area is 116 Å². The minimum atomic E-state index is -0.0810. The van der Waals surface area contributed by atoms with Crippen LogP contribution in [0.3, 0.4) is 0 Å². The van der Waals surface area contributed by atoms with E-state index >= 15 is 0 Å². The highest BCUT2D eigenvalue weighted by Gasteiger charge is 2.23. The molecular formula is C13H17N3O2S. The zero-order valence-corrected chi connectivity index (χ0v) is 11.4. The first kappa shape index (κ1) is 14.0. The monoisotopic (exact) mass is 279 g/mol. The number of nitrogens with zero attached hydrogens (tertiary/aromatic N) is 2. The Morgan fingerprint density at radius 1 is 1.68 bits per heavy atom. The number of hydrogen-bond acceptors (Lipinski definition) is 5. The minimum Gasteiger partial charge on any atom is -0.395 e. The minimum absolute atomic E-state index is 0.0810. The fourth-order valence-corrected chi connectivity index (χ4v) is 3.08. The van der Waals surface area contributed by atoms with Gasteiger partial charge in [-0.1, -0.05) is 0 Å². The van der Waals surface area contributed by atoms with Crippen LogP contribution in [0.2, 0.25) is 0 Å². The molecule has 0 aromatic carbocycles. The number of rotatable bonds is 5. The molecule has 1 aromatic rings. The third-order valence-corrected chi connectivity index (χ3v) is 4.20. The number of nitriles is 1. The number of anilines is 1. The second kappa shape index (κ2) is 6.66. The molecule has 1 saturated heterocycles. The number of nitrogens with one attached hydrogen (secondary N) is 1. The van der Waals surface area contributed by atoms with Crippen molar-refractivity contribution in [2.24, 2.45) is 0 Å². The van der Waals surface area contributed by atoms with Gasteiger partial charge in [-0.2, -0.15) is 5.26 Å². The molecule has 2 heterocycles. The summed E-state index contributed by atoms with van der Waals surface area (Å²) in [5.41, 5.74) is 0.507. The number of carbonyl (C=O) groups excluding carboxylic acids is 1. The first-order valence-electron chi connectivity index (χ1n) is 6.37. The summed E-state index contributed by atoms with van der Waals surface area (Å²) >= 11 is 1.36. The Morgan fingerprint density at radius 3 is 3.26 bits per heavy atom. The predicted molar refractivity (Wildman–Crippen MR) is 74.0 cm³/mol. The lowest BCUT2D eigenvalue weighted by Gasteiger charge is -2.21. The van der Waals surface area contributed by atoms with Crippen LogP contribution in [0, 0.1) is 11.3 Å². The molecule has 0 radical (unpaired) electrons. The molecule has 102 valence electrons. The molecule has 1 aromatic heterocycles. The Balaban J connectivity index is 1.81. The topological polar surface area (TPSA) is 76.4 Å². The van der Waals surface area contributed by atoms with Gasteiger partial charge in [-0.3, -0.25) is 9.69 Å². The number of amides is 1. The van der Waals surface area contributed by atoms with Gasteiger partial charge in [-0.15, -0.1) is 11.3 Å². The van der Waals surface area contributed by atoms with Crippen molar-refractivity contribution in [1.29, 1.82) is 5.26 Å². The fraction of sp³-hybridized carbons (Fsp3) is 0.538. The van der Waals surface area contributed by atoms with Crippen molar-refractivity contribution >= 4 is 22.2 Å². The summed E-state index contributed by atoms with van der Waals surface area (Å²) in [5, 5.41) is 23.2. The van der Waals surface area contributed by atoms with Crippen molar-refractivity contribution < 1.29 is 9.90 Å². The van der Waals surface area contributed by atoms with E-state index in [1.54, 1.807) is 11.4 Å². The molecule has 1 aliphatic heterocycles. The van der Waals surface area contributed by atoms with Crippen LogP contribution in [-0.4, -0.2) is 41.7 Å². The highest BCUT2D eigenvalue weighted by Crippen LogP contribution is 2.22. The van der Waals surface area contributed by atoms with E-state index in [9.17, 15) is 9.90 Å². The highest BCUT2D eigenvalue weighted by molar-refractivity contribution is 7.14. The second-order valence-electron chi connectivity index (χ2n) is 4.59. The summed E-state index contributed by atoms with van der Waals surface area (Å²) in [6.07, 6.45) is 2.47. The fourth-order valence-electron chi connectivity index (χ4n) is 2.32. The van der Waals surface area contributed by atoms with Gasteiger partial charge < -0.3 is 10.4 Å². The Morgan fingerprint density at radius 2 is 2.53 bits per heavy atom. The standard InChI is InChI=1S/C13H17N3O2S/c14-8-10-4-7-19-13(10)15-12(18)3-6-16-5-1-2-11(16)9-17/h4,7,11,17H,1-3,5-6,9H2,(H,15,18)/t11-/m0/s1. The number of thiophene rings is 1. The van der Waals surface area contributed by atoms with Crippen molar-refractivity contribution in [1.82, 2.24) is 4.90 Å². The predicted octanol–water partition coefficient (Wildman–Crippen LogP) is 1.41. The summed E-state index contributed by atoms with van der Waals surface area (Å²) in [6, 6.07) is 3.94. The summed E-state index contributed by atoms with van der Waals surface area (Å²) < 4.78 is 0. The van der Waals surface area contributed by atoms with E-state index in [-0.39, 0.29) is 18.6 Å². The van der Waals surface area contributed by atoms with E-state index in [0.29, 0.717) is 23.5 Å². The largest absolute Gasteiger partial charge is 0.395 e. The number of aliphatic hydroxyl groups excluding tert-OH is 1. The van der Waals surface area contributed by atoms with Crippen LogP contribution in [-0.2, 0) is 4.79 Å². The van der Waals surface area contributed by atoms with E-state index < -0.39 is 0 Å². The molecule has 1 aliphatic rings. The number of likely N-dealkylation sites (tertiary alicyclic amines) is 1. The smallest absolute Gasteiger partial charge is 0.226 e. The Kier molecular flexibility index (Phi) is 4.91. The van der Waals surface area contributed by atoms with E-state index in [0.717, 1.165) is 19.4 Å². The molecule has 19 heavy (non-hydrogen) atoms. The molecule has 0 bridgehead atoms. The van der Waals surface area contributed by atoms with Gasteiger partial charge in [0, 0.05) is 19.0 Å². The van der Waals surface area contributed by atoms with Gasteiger partial charge in [0.25, 0.3) is 0 Å². The average Bonchev–Trinajstić information content (AvgIpc) is 3.04. The van der Waals surface area contributed by atoms with Crippen LogP contribution in [0.5, 0.6) is 0 Å². The van der Waals surface area contributed by atoms with Crippen LogP contribution in [0.1, 0.15) is 24.8 Å². The normalized spacial score (nSPS) is 19.3. The molecule has 2 N–H and O–H groups in total.